The van der Waals surface area contributed by atoms with Gasteiger partial charge in [0.1, 0.15) is 0 Å². The van der Waals surface area contributed by atoms with Crippen LogP contribution in [0.2, 0.25) is 0 Å². The van der Waals surface area contributed by atoms with Gasteiger partial charge in [0.2, 0.25) is 5.91 Å². The van der Waals surface area contributed by atoms with Crippen molar-refractivity contribution in [2.24, 2.45) is 17.6 Å². The molecule has 2 aromatic carbocycles. The standard InChI is InChI=1S/C24H30N2O2/c1-17-9-11-19(12-10-17)23-21(8-5-13-28-23)24(27)26-15-20(14-25)22(16-26)18-6-3-2-4-7-18/h2-4,6-7,9-12,20-23H,5,8,13-16,25H2,1H3/t20-,21?,22+,23?/m1/s1. The Morgan fingerprint density at radius 1 is 1.07 bits per heavy atom. The molecule has 0 saturated carbocycles. The van der Waals surface area contributed by atoms with Gasteiger partial charge in [0, 0.05) is 25.6 Å². The van der Waals surface area contributed by atoms with Gasteiger partial charge in [0.15, 0.2) is 0 Å². The van der Waals surface area contributed by atoms with Gasteiger partial charge in [0.05, 0.1) is 12.0 Å². The van der Waals surface area contributed by atoms with Crippen LogP contribution >= 0.6 is 0 Å². The van der Waals surface area contributed by atoms with Crippen LogP contribution in [0, 0.1) is 18.8 Å². The molecule has 2 aliphatic rings. The lowest BCUT2D eigenvalue weighted by molar-refractivity contribution is -0.144. The largest absolute Gasteiger partial charge is 0.373 e. The van der Waals surface area contributed by atoms with Gasteiger partial charge in [-0.1, -0.05) is 60.2 Å². The highest BCUT2D eigenvalue weighted by atomic mass is 16.5. The average molecular weight is 379 g/mol. The number of carbonyl (C=O) groups is 1. The Morgan fingerprint density at radius 3 is 2.54 bits per heavy atom. The minimum Gasteiger partial charge on any atom is -0.373 e. The number of rotatable bonds is 4. The first kappa shape index (κ1) is 19.2. The summed E-state index contributed by atoms with van der Waals surface area (Å²) in [5.74, 6) is 0.748. The van der Waals surface area contributed by atoms with E-state index in [1.54, 1.807) is 0 Å². The topological polar surface area (TPSA) is 55.6 Å². The molecule has 0 bridgehead atoms. The number of carbonyl (C=O) groups excluding carboxylic acids is 1. The predicted octanol–water partition coefficient (Wildman–Crippen LogP) is 3.66. The van der Waals surface area contributed by atoms with Gasteiger partial charge in [-0.3, -0.25) is 4.79 Å². The van der Waals surface area contributed by atoms with E-state index in [0.717, 1.165) is 38.1 Å². The molecule has 2 heterocycles. The maximum Gasteiger partial charge on any atom is 0.228 e. The number of aryl methyl sites for hydroxylation is 1. The first-order chi connectivity index (χ1) is 13.7. The van der Waals surface area contributed by atoms with E-state index in [9.17, 15) is 4.79 Å². The third kappa shape index (κ3) is 3.85. The van der Waals surface area contributed by atoms with Crippen LogP contribution in [0.25, 0.3) is 0 Å². The van der Waals surface area contributed by atoms with Gasteiger partial charge < -0.3 is 15.4 Å². The highest BCUT2D eigenvalue weighted by Gasteiger charge is 2.41. The van der Waals surface area contributed by atoms with Gasteiger partial charge in [-0.2, -0.15) is 0 Å². The molecule has 4 heteroatoms. The first-order valence-electron chi connectivity index (χ1n) is 10.4. The number of nitrogens with two attached hydrogens (primary N) is 1. The quantitative estimate of drug-likeness (QED) is 0.883. The van der Waals surface area contributed by atoms with E-state index in [-0.39, 0.29) is 17.9 Å². The van der Waals surface area contributed by atoms with E-state index >= 15 is 0 Å². The van der Waals surface area contributed by atoms with Crippen LogP contribution < -0.4 is 5.73 Å². The Morgan fingerprint density at radius 2 is 1.82 bits per heavy atom. The molecule has 2 aliphatic heterocycles. The van der Waals surface area contributed by atoms with Gasteiger partial charge in [-0.15, -0.1) is 0 Å². The highest BCUT2D eigenvalue weighted by molar-refractivity contribution is 5.80. The molecule has 28 heavy (non-hydrogen) atoms. The lowest BCUT2D eigenvalue weighted by Crippen LogP contribution is -2.40. The maximum atomic E-state index is 13.5. The fourth-order valence-corrected chi connectivity index (χ4v) is 4.72. The minimum absolute atomic E-state index is 0.107. The molecule has 4 rings (SSSR count). The Balaban J connectivity index is 1.53. The number of ether oxygens (including phenoxy) is 1. The molecule has 148 valence electrons. The lowest BCUT2D eigenvalue weighted by atomic mass is 9.88. The summed E-state index contributed by atoms with van der Waals surface area (Å²) in [5, 5.41) is 0. The lowest BCUT2D eigenvalue weighted by Gasteiger charge is -2.34. The van der Waals surface area contributed by atoms with Crippen LogP contribution in [0.15, 0.2) is 54.6 Å². The van der Waals surface area contributed by atoms with Crippen molar-refractivity contribution >= 4 is 5.91 Å². The summed E-state index contributed by atoms with van der Waals surface area (Å²) in [6, 6.07) is 18.9. The fourth-order valence-electron chi connectivity index (χ4n) is 4.72. The second-order valence-corrected chi connectivity index (χ2v) is 8.21. The zero-order valence-corrected chi connectivity index (χ0v) is 16.6. The van der Waals surface area contributed by atoms with Crippen molar-refractivity contribution in [3.63, 3.8) is 0 Å². The van der Waals surface area contributed by atoms with Gasteiger partial charge in [0.25, 0.3) is 0 Å². The Kier molecular flexibility index (Phi) is 5.79. The second-order valence-electron chi connectivity index (χ2n) is 8.21. The Labute approximate surface area is 167 Å². The minimum atomic E-state index is -0.144. The zero-order valence-electron chi connectivity index (χ0n) is 16.6. The number of hydrogen-bond donors (Lipinski definition) is 1. The van der Waals surface area contributed by atoms with E-state index in [1.807, 2.05) is 11.0 Å². The van der Waals surface area contributed by atoms with Crippen LogP contribution in [-0.2, 0) is 9.53 Å². The third-order valence-corrected chi connectivity index (χ3v) is 6.33. The molecule has 2 aromatic rings. The molecular formula is C24H30N2O2. The highest BCUT2D eigenvalue weighted by Crippen LogP contribution is 2.38. The molecule has 0 aliphatic carbocycles. The summed E-state index contributed by atoms with van der Waals surface area (Å²) in [6.07, 6.45) is 1.68. The summed E-state index contributed by atoms with van der Waals surface area (Å²) in [7, 11) is 0. The van der Waals surface area contributed by atoms with Crippen molar-refractivity contribution in [2.45, 2.75) is 31.8 Å². The van der Waals surface area contributed by atoms with Gasteiger partial charge in [-0.05, 0) is 43.4 Å². The molecule has 2 fully saturated rings. The van der Waals surface area contributed by atoms with E-state index in [0.29, 0.717) is 18.4 Å². The fraction of sp³-hybridized carbons (Fsp3) is 0.458. The molecule has 0 aromatic heterocycles. The number of hydrogen-bond acceptors (Lipinski definition) is 3. The summed E-state index contributed by atoms with van der Waals surface area (Å²) < 4.78 is 6.09. The van der Waals surface area contributed by atoms with E-state index in [2.05, 4.69) is 55.5 Å². The molecule has 0 radical (unpaired) electrons. The Hall–Kier alpha value is -2.17. The number of amides is 1. The molecule has 2 saturated heterocycles. The van der Waals surface area contributed by atoms with E-state index < -0.39 is 0 Å². The predicted molar refractivity (Wildman–Crippen MR) is 111 cm³/mol. The Bertz CT molecular complexity index is 790. The van der Waals surface area contributed by atoms with Crippen LogP contribution in [0.1, 0.15) is 41.6 Å². The van der Waals surface area contributed by atoms with Crippen LogP contribution in [0.5, 0.6) is 0 Å². The number of benzene rings is 2. The molecular weight excluding hydrogens is 348 g/mol. The molecule has 2 unspecified atom stereocenters. The van der Waals surface area contributed by atoms with Crippen LogP contribution in [0.3, 0.4) is 0 Å². The summed E-state index contributed by atoms with van der Waals surface area (Å²) in [6.45, 7) is 4.90. The summed E-state index contributed by atoms with van der Waals surface area (Å²) in [4.78, 5) is 15.5. The molecule has 1 amide bonds. The van der Waals surface area contributed by atoms with Gasteiger partial charge in [-0.25, -0.2) is 0 Å². The van der Waals surface area contributed by atoms with Crippen molar-refractivity contribution in [1.29, 1.82) is 0 Å². The number of likely N-dealkylation sites (tertiary alicyclic amines) is 1. The van der Waals surface area contributed by atoms with Crippen LogP contribution in [-0.4, -0.2) is 37.0 Å². The van der Waals surface area contributed by atoms with Crippen molar-refractivity contribution in [3.05, 3.63) is 71.3 Å². The zero-order chi connectivity index (χ0) is 19.5. The first-order valence-corrected chi connectivity index (χ1v) is 10.4. The van der Waals surface area contributed by atoms with E-state index in [4.69, 9.17) is 10.5 Å². The SMILES string of the molecule is Cc1ccc(C2OCCCC2C(=O)N2C[C@@H](CN)[C@H](c3ccccc3)C2)cc1. The summed E-state index contributed by atoms with van der Waals surface area (Å²) >= 11 is 0. The molecule has 0 spiro atoms. The maximum absolute atomic E-state index is 13.5. The van der Waals surface area contributed by atoms with Crippen molar-refractivity contribution < 1.29 is 9.53 Å². The average Bonchev–Trinajstić information content (AvgIpc) is 3.19. The van der Waals surface area contributed by atoms with Crippen molar-refractivity contribution in [3.8, 4) is 0 Å². The third-order valence-electron chi connectivity index (χ3n) is 6.33. The van der Waals surface area contributed by atoms with Crippen LogP contribution in [0.4, 0.5) is 0 Å². The van der Waals surface area contributed by atoms with Gasteiger partial charge >= 0.3 is 0 Å². The van der Waals surface area contributed by atoms with E-state index in [1.165, 1.54) is 11.1 Å². The summed E-state index contributed by atoms with van der Waals surface area (Å²) in [5.41, 5.74) is 9.68. The smallest absolute Gasteiger partial charge is 0.228 e. The van der Waals surface area contributed by atoms with Crippen molar-refractivity contribution in [1.82, 2.24) is 4.90 Å². The second kappa shape index (κ2) is 8.46. The van der Waals surface area contributed by atoms with Crippen molar-refractivity contribution in [2.75, 3.05) is 26.2 Å². The molecule has 4 atom stereocenters. The molecule has 4 nitrogen and oxygen atoms in total. The molecule has 2 N–H and O–H groups in total. The monoisotopic (exact) mass is 378 g/mol. The normalized spacial score (nSPS) is 27.7. The number of nitrogens with zero attached hydrogens (tertiary/aromatic N) is 1.